The molecule has 0 aliphatic rings. The highest BCUT2D eigenvalue weighted by Gasteiger charge is 2.20. The van der Waals surface area contributed by atoms with E-state index in [9.17, 15) is 8.42 Å². The molecule has 1 heterocycles. The topological polar surface area (TPSA) is 94.3 Å². The summed E-state index contributed by atoms with van der Waals surface area (Å²) in [4.78, 5) is 3.93. The summed E-state index contributed by atoms with van der Waals surface area (Å²) in [6.45, 7) is 1.94. The van der Waals surface area contributed by atoms with Gasteiger partial charge in [0.05, 0.1) is 12.8 Å². The zero-order chi connectivity index (χ0) is 15.5. The number of nitrogens with one attached hydrogen (secondary N) is 1. The minimum absolute atomic E-state index is 0.176. The number of sulfonamides is 1. The Morgan fingerprint density at radius 3 is 2.52 bits per heavy atom. The van der Waals surface area contributed by atoms with Crippen LogP contribution in [0.1, 0.15) is 11.3 Å². The molecule has 6 nitrogen and oxygen atoms in total. The molecule has 21 heavy (non-hydrogen) atoms. The second-order valence-electron chi connectivity index (χ2n) is 4.42. The molecule has 0 aliphatic carbocycles. The number of nitrogens with two attached hydrogens (primary N) is 1. The average Bonchev–Trinajstić information content (AvgIpc) is 2.79. The van der Waals surface area contributed by atoms with Crippen LogP contribution in [-0.2, 0) is 16.4 Å². The number of nitrogens with zero attached hydrogens (tertiary/aromatic N) is 1. The molecule has 0 bridgehead atoms. The van der Waals surface area contributed by atoms with Gasteiger partial charge in [0.2, 0.25) is 0 Å². The van der Waals surface area contributed by atoms with Gasteiger partial charge in [-0.2, -0.15) is 0 Å². The lowest BCUT2D eigenvalue weighted by molar-refractivity contribution is 0.414. The summed E-state index contributed by atoms with van der Waals surface area (Å²) in [6.07, 6.45) is 0.594. The van der Waals surface area contributed by atoms with Crippen LogP contribution in [-0.4, -0.2) is 27.1 Å². The third kappa shape index (κ3) is 3.93. The summed E-state index contributed by atoms with van der Waals surface area (Å²) in [6, 6.07) is 7.50. The summed E-state index contributed by atoms with van der Waals surface area (Å²) in [5, 5.41) is 0.253. The molecule has 0 radical (unpaired) electrons. The molecule has 2 rings (SSSR count). The van der Waals surface area contributed by atoms with Crippen LogP contribution >= 0.6 is 11.3 Å². The highest BCUT2D eigenvalue weighted by molar-refractivity contribution is 7.91. The van der Waals surface area contributed by atoms with Crippen LogP contribution in [0, 0.1) is 6.92 Å². The molecule has 2 aromatic rings. The van der Waals surface area contributed by atoms with E-state index in [0.29, 0.717) is 18.7 Å². The van der Waals surface area contributed by atoms with Crippen LogP contribution in [0.25, 0.3) is 0 Å². The molecule has 0 atom stereocenters. The number of rotatable bonds is 6. The minimum Gasteiger partial charge on any atom is -0.497 e. The van der Waals surface area contributed by atoms with Gasteiger partial charge in [-0.25, -0.2) is 18.1 Å². The molecular formula is C13H17N3O3S2. The Morgan fingerprint density at radius 1 is 1.33 bits per heavy atom. The van der Waals surface area contributed by atoms with Crippen molar-refractivity contribution >= 4 is 26.5 Å². The number of methoxy groups -OCH3 is 1. The summed E-state index contributed by atoms with van der Waals surface area (Å²) < 4.78 is 32.1. The van der Waals surface area contributed by atoms with Crippen molar-refractivity contribution in [3.8, 4) is 5.75 Å². The van der Waals surface area contributed by atoms with E-state index in [0.717, 1.165) is 22.6 Å². The fourth-order valence-corrected chi connectivity index (χ4v) is 4.21. The largest absolute Gasteiger partial charge is 0.497 e. The maximum Gasteiger partial charge on any atom is 0.252 e. The van der Waals surface area contributed by atoms with Crippen molar-refractivity contribution < 1.29 is 13.2 Å². The predicted molar refractivity (Wildman–Crippen MR) is 83.1 cm³/mol. The lowest BCUT2D eigenvalue weighted by Crippen LogP contribution is -2.25. The molecule has 114 valence electrons. The van der Waals surface area contributed by atoms with Gasteiger partial charge in [-0.15, -0.1) is 0 Å². The number of hydrogen-bond donors (Lipinski definition) is 2. The van der Waals surface area contributed by atoms with E-state index in [1.807, 2.05) is 24.3 Å². The molecule has 1 aromatic carbocycles. The standard InChI is InChI=1S/C13H17N3O3S2/c1-9-12(20-13(14)16-9)21(17,18)15-8-7-10-3-5-11(19-2)6-4-10/h3-6,15H,7-8H2,1-2H3,(H2,14,16). The first kappa shape index (κ1) is 15.7. The molecule has 0 aliphatic heterocycles. The number of nitrogen functional groups attached to an aromatic ring is 1. The Bertz CT molecular complexity index is 709. The molecule has 0 fully saturated rings. The van der Waals surface area contributed by atoms with Crippen LogP contribution in [0.15, 0.2) is 28.5 Å². The number of aryl methyl sites for hydroxylation is 1. The van der Waals surface area contributed by atoms with Crippen molar-refractivity contribution in [2.24, 2.45) is 0 Å². The minimum atomic E-state index is -3.55. The number of benzene rings is 1. The highest BCUT2D eigenvalue weighted by atomic mass is 32.2. The van der Waals surface area contributed by atoms with Crippen molar-refractivity contribution in [1.29, 1.82) is 0 Å². The van der Waals surface area contributed by atoms with Gasteiger partial charge < -0.3 is 10.5 Å². The molecular weight excluding hydrogens is 310 g/mol. The van der Waals surface area contributed by atoms with E-state index in [1.165, 1.54) is 0 Å². The fraction of sp³-hybridized carbons (Fsp3) is 0.308. The highest BCUT2D eigenvalue weighted by Crippen LogP contribution is 2.24. The quantitative estimate of drug-likeness (QED) is 0.840. The Morgan fingerprint density at radius 2 is 2.00 bits per heavy atom. The van der Waals surface area contributed by atoms with Crippen LogP contribution < -0.4 is 15.2 Å². The lowest BCUT2D eigenvalue weighted by atomic mass is 10.1. The summed E-state index contributed by atoms with van der Waals surface area (Å²) in [5.41, 5.74) is 6.98. The van der Waals surface area contributed by atoms with E-state index in [-0.39, 0.29) is 9.34 Å². The summed E-state index contributed by atoms with van der Waals surface area (Å²) in [7, 11) is -1.95. The SMILES string of the molecule is COc1ccc(CCNS(=O)(=O)c2sc(N)nc2C)cc1. The van der Waals surface area contributed by atoms with Gasteiger partial charge in [-0.1, -0.05) is 23.5 Å². The average molecular weight is 327 g/mol. The molecule has 3 N–H and O–H groups in total. The maximum atomic E-state index is 12.1. The van der Waals surface area contributed by atoms with Gasteiger partial charge >= 0.3 is 0 Å². The molecule has 0 spiro atoms. The van der Waals surface area contributed by atoms with Gasteiger partial charge in [0.1, 0.15) is 5.75 Å². The second-order valence-corrected chi connectivity index (χ2v) is 7.41. The van der Waals surface area contributed by atoms with Gasteiger partial charge in [-0.05, 0) is 31.0 Å². The second kappa shape index (κ2) is 6.42. The van der Waals surface area contributed by atoms with Crippen molar-refractivity contribution in [2.75, 3.05) is 19.4 Å². The first-order valence-electron chi connectivity index (χ1n) is 6.28. The summed E-state index contributed by atoms with van der Waals surface area (Å²) >= 11 is 0.972. The number of hydrogen-bond acceptors (Lipinski definition) is 6. The molecule has 0 unspecified atom stereocenters. The summed E-state index contributed by atoms with van der Waals surface area (Å²) in [5.74, 6) is 0.773. The van der Waals surface area contributed by atoms with Crippen LogP contribution in [0.4, 0.5) is 5.13 Å². The third-order valence-corrected chi connectivity index (χ3v) is 5.94. The Hall–Kier alpha value is -1.64. The normalized spacial score (nSPS) is 11.5. The zero-order valence-electron chi connectivity index (χ0n) is 11.8. The van der Waals surface area contributed by atoms with E-state index >= 15 is 0 Å². The third-order valence-electron chi connectivity index (χ3n) is 2.88. The maximum absolute atomic E-state index is 12.1. The predicted octanol–water partition coefficient (Wildman–Crippen LogP) is 1.56. The van der Waals surface area contributed by atoms with E-state index in [4.69, 9.17) is 10.5 Å². The van der Waals surface area contributed by atoms with Crippen molar-refractivity contribution in [1.82, 2.24) is 9.71 Å². The monoisotopic (exact) mass is 327 g/mol. The first-order valence-corrected chi connectivity index (χ1v) is 8.58. The fourth-order valence-electron chi connectivity index (χ4n) is 1.84. The van der Waals surface area contributed by atoms with Gasteiger partial charge in [0.25, 0.3) is 10.0 Å². The molecule has 0 saturated heterocycles. The van der Waals surface area contributed by atoms with Crippen LogP contribution in [0.2, 0.25) is 0 Å². The molecule has 0 amide bonds. The first-order chi connectivity index (χ1) is 9.92. The Labute approximate surface area is 128 Å². The van der Waals surface area contributed by atoms with Crippen molar-refractivity contribution in [3.63, 3.8) is 0 Å². The molecule has 1 aromatic heterocycles. The van der Waals surface area contributed by atoms with E-state index in [1.54, 1.807) is 14.0 Å². The van der Waals surface area contributed by atoms with Crippen LogP contribution in [0.3, 0.4) is 0 Å². The van der Waals surface area contributed by atoms with Crippen molar-refractivity contribution in [3.05, 3.63) is 35.5 Å². The van der Waals surface area contributed by atoms with Crippen LogP contribution in [0.5, 0.6) is 5.75 Å². The molecule has 0 saturated carbocycles. The van der Waals surface area contributed by atoms with E-state index in [2.05, 4.69) is 9.71 Å². The Balaban J connectivity index is 1.97. The van der Waals surface area contributed by atoms with Gasteiger partial charge in [0.15, 0.2) is 9.34 Å². The smallest absolute Gasteiger partial charge is 0.252 e. The number of ether oxygens (including phenoxy) is 1. The van der Waals surface area contributed by atoms with E-state index < -0.39 is 10.0 Å². The zero-order valence-corrected chi connectivity index (χ0v) is 13.4. The van der Waals surface area contributed by atoms with Gasteiger partial charge in [-0.3, -0.25) is 0 Å². The number of thiazole rings is 1. The Kier molecular flexibility index (Phi) is 4.81. The van der Waals surface area contributed by atoms with Gasteiger partial charge in [0, 0.05) is 6.54 Å². The lowest BCUT2D eigenvalue weighted by Gasteiger charge is -2.06. The molecule has 8 heteroatoms. The number of aromatic nitrogens is 1. The van der Waals surface area contributed by atoms with Crippen molar-refractivity contribution in [2.45, 2.75) is 17.6 Å². The number of anilines is 1.